The first-order valence-electron chi connectivity index (χ1n) is 3.03. The molecule has 0 fully saturated rings. The average molecular weight is 114 g/mol. The van der Waals surface area contributed by atoms with Crippen LogP contribution in [0.4, 0.5) is 0 Å². The molecule has 1 atom stereocenters. The van der Waals surface area contributed by atoms with Crippen molar-refractivity contribution in [3.63, 3.8) is 0 Å². The summed E-state index contributed by atoms with van der Waals surface area (Å²) < 4.78 is 0. The fourth-order valence-electron chi connectivity index (χ4n) is 0.493. The van der Waals surface area contributed by atoms with Gasteiger partial charge in [0.15, 0.2) is 0 Å². The number of aliphatic hydroxyl groups is 1. The number of aliphatic hydroxyl groups excluding tert-OH is 1. The highest BCUT2D eigenvalue weighted by atomic mass is 16.3. The fourth-order valence-corrected chi connectivity index (χ4v) is 0.493. The van der Waals surface area contributed by atoms with Crippen LogP contribution in [0.25, 0.3) is 0 Å². The Morgan fingerprint density at radius 2 is 2.25 bits per heavy atom. The molecule has 0 saturated carbocycles. The van der Waals surface area contributed by atoms with E-state index < -0.39 is 0 Å². The molecule has 0 aromatic rings. The summed E-state index contributed by atoms with van der Waals surface area (Å²) in [6, 6.07) is 0. The van der Waals surface area contributed by atoms with E-state index in [-0.39, 0.29) is 6.10 Å². The lowest BCUT2D eigenvalue weighted by atomic mass is 10.2. The predicted molar refractivity (Wildman–Crippen MR) is 35.7 cm³/mol. The van der Waals surface area contributed by atoms with E-state index >= 15 is 0 Å². The first-order chi connectivity index (χ1) is 3.68. The van der Waals surface area contributed by atoms with Crippen LogP contribution in [0, 0.1) is 0 Å². The van der Waals surface area contributed by atoms with Crippen molar-refractivity contribution in [3.8, 4) is 0 Å². The van der Waals surface area contributed by atoms with Crippen molar-refractivity contribution in [1.82, 2.24) is 0 Å². The van der Waals surface area contributed by atoms with Gasteiger partial charge in [-0.2, -0.15) is 0 Å². The van der Waals surface area contributed by atoms with Crippen molar-refractivity contribution in [1.29, 1.82) is 0 Å². The normalized spacial score (nSPS) is 16.2. The van der Waals surface area contributed by atoms with Crippen LogP contribution >= 0.6 is 0 Å². The minimum Gasteiger partial charge on any atom is -0.389 e. The molecule has 8 heavy (non-hydrogen) atoms. The second-order valence-corrected chi connectivity index (χ2v) is 2.03. The Bertz CT molecular complexity index is 82.4. The van der Waals surface area contributed by atoms with E-state index in [1.54, 1.807) is 6.92 Å². The number of rotatable bonds is 2. The summed E-state index contributed by atoms with van der Waals surface area (Å²) in [6.07, 6.45) is 2.77. The third-order valence-corrected chi connectivity index (χ3v) is 1.19. The van der Waals surface area contributed by atoms with E-state index in [4.69, 9.17) is 5.11 Å². The highest BCUT2D eigenvalue weighted by Crippen LogP contribution is 1.99. The summed E-state index contributed by atoms with van der Waals surface area (Å²) in [4.78, 5) is 0. The molecule has 1 heteroatoms. The lowest BCUT2D eigenvalue weighted by molar-refractivity contribution is 0.231. The van der Waals surface area contributed by atoms with Crippen LogP contribution in [0.3, 0.4) is 0 Å². The van der Waals surface area contributed by atoms with Gasteiger partial charge in [0.1, 0.15) is 0 Å². The Balaban J connectivity index is 3.61. The molecule has 0 bridgehead atoms. The lowest BCUT2D eigenvalue weighted by Gasteiger charge is -2.01. The molecule has 1 N–H and O–H groups in total. The van der Waals surface area contributed by atoms with Crippen LogP contribution in [-0.2, 0) is 0 Å². The molecule has 0 radical (unpaired) electrons. The van der Waals surface area contributed by atoms with Crippen LogP contribution in [0.5, 0.6) is 0 Å². The molecule has 0 aliphatic carbocycles. The van der Waals surface area contributed by atoms with Crippen molar-refractivity contribution >= 4 is 0 Å². The molecule has 0 aromatic carbocycles. The standard InChI is InChI=1S/C7H14O/c1-4-5-6(2)7(3)8/h5,7-8H,4H2,1-3H3/b6-5+. The summed E-state index contributed by atoms with van der Waals surface area (Å²) in [7, 11) is 0. The smallest absolute Gasteiger partial charge is 0.0719 e. The van der Waals surface area contributed by atoms with Crippen LogP contribution in [0.15, 0.2) is 11.6 Å². The maximum atomic E-state index is 8.88. The van der Waals surface area contributed by atoms with Crippen molar-refractivity contribution in [2.75, 3.05) is 0 Å². The molecule has 1 unspecified atom stereocenters. The van der Waals surface area contributed by atoms with Gasteiger partial charge in [-0.05, 0) is 25.8 Å². The zero-order valence-electron chi connectivity index (χ0n) is 5.81. The molecule has 0 aliphatic rings. The number of hydrogen-bond donors (Lipinski definition) is 1. The summed E-state index contributed by atoms with van der Waals surface area (Å²) in [5.41, 5.74) is 1.06. The molecule has 1 nitrogen and oxygen atoms in total. The van der Waals surface area contributed by atoms with Crippen molar-refractivity contribution in [3.05, 3.63) is 11.6 Å². The van der Waals surface area contributed by atoms with Crippen LogP contribution in [-0.4, -0.2) is 11.2 Å². The minimum absolute atomic E-state index is 0.269. The van der Waals surface area contributed by atoms with Crippen molar-refractivity contribution < 1.29 is 5.11 Å². The zero-order chi connectivity index (χ0) is 6.57. The molecular weight excluding hydrogens is 100 g/mol. The van der Waals surface area contributed by atoms with Gasteiger partial charge >= 0.3 is 0 Å². The SMILES string of the molecule is CC/C=C(\C)C(C)O. The molecule has 0 heterocycles. The summed E-state index contributed by atoms with van der Waals surface area (Å²) in [6.45, 7) is 5.78. The van der Waals surface area contributed by atoms with Gasteiger partial charge in [-0.1, -0.05) is 13.0 Å². The highest BCUT2D eigenvalue weighted by molar-refractivity contribution is 5.01. The average Bonchev–Trinajstić information content (AvgIpc) is 1.67. The van der Waals surface area contributed by atoms with Crippen LogP contribution in [0.2, 0.25) is 0 Å². The molecule has 0 spiro atoms. The van der Waals surface area contributed by atoms with E-state index in [1.165, 1.54) is 0 Å². The van der Waals surface area contributed by atoms with Gasteiger partial charge in [-0.25, -0.2) is 0 Å². The van der Waals surface area contributed by atoms with Gasteiger partial charge in [0.05, 0.1) is 6.10 Å². The van der Waals surface area contributed by atoms with E-state index in [9.17, 15) is 0 Å². The fraction of sp³-hybridized carbons (Fsp3) is 0.714. The predicted octanol–water partition coefficient (Wildman–Crippen LogP) is 1.72. The second-order valence-electron chi connectivity index (χ2n) is 2.03. The first kappa shape index (κ1) is 7.70. The maximum Gasteiger partial charge on any atom is 0.0719 e. The second kappa shape index (κ2) is 3.67. The van der Waals surface area contributed by atoms with E-state index in [2.05, 4.69) is 6.92 Å². The Kier molecular flexibility index (Phi) is 3.53. The van der Waals surface area contributed by atoms with Gasteiger partial charge in [-0.15, -0.1) is 0 Å². The summed E-state index contributed by atoms with van der Waals surface area (Å²) >= 11 is 0. The monoisotopic (exact) mass is 114 g/mol. The topological polar surface area (TPSA) is 20.2 Å². The molecule has 0 rings (SSSR count). The Morgan fingerprint density at radius 3 is 2.38 bits per heavy atom. The third kappa shape index (κ3) is 2.80. The summed E-state index contributed by atoms with van der Waals surface area (Å²) in [5.74, 6) is 0. The molecule has 0 saturated heterocycles. The van der Waals surface area contributed by atoms with Crippen molar-refractivity contribution in [2.45, 2.75) is 33.3 Å². The maximum absolute atomic E-state index is 8.88. The van der Waals surface area contributed by atoms with Crippen LogP contribution in [0.1, 0.15) is 27.2 Å². The Morgan fingerprint density at radius 1 is 1.75 bits per heavy atom. The quantitative estimate of drug-likeness (QED) is 0.542. The molecule has 0 aliphatic heterocycles. The van der Waals surface area contributed by atoms with Crippen molar-refractivity contribution in [2.24, 2.45) is 0 Å². The Labute approximate surface area is 51.0 Å². The van der Waals surface area contributed by atoms with Crippen LogP contribution < -0.4 is 0 Å². The van der Waals surface area contributed by atoms with Gasteiger partial charge in [0, 0.05) is 0 Å². The highest BCUT2D eigenvalue weighted by Gasteiger charge is 1.93. The number of hydrogen-bond acceptors (Lipinski definition) is 1. The first-order valence-corrected chi connectivity index (χ1v) is 3.03. The molecule has 48 valence electrons. The van der Waals surface area contributed by atoms with Gasteiger partial charge < -0.3 is 5.11 Å². The van der Waals surface area contributed by atoms with E-state index in [0.29, 0.717) is 0 Å². The third-order valence-electron chi connectivity index (χ3n) is 1.19. The molecule has 0 aromatic heterocycles. The molecule has 0 amide bonds. The Hall–Kier alpha value is -0.300. The number of allylic oxidation sites excluding steroid dienone is 1. The van der Waals surface area contributed by atoms with Gasteiger partial charge in [0.25, 0.3) is 0 Å². The van der Waals surface area contributed by atoms with Gasteiger partial charge in [0.2, 0.25) is 0 Å². The van der Waals surface area contributed by atoms with E-state index in [1.807, 2.05) is 13.0 Å². The zero-order valence-corrected chi connectivity index (χ0v) is 5.81. The van der Waals surface area contributed by atoms with E-state index in [0.717, 1.165) is 12.0 Å². The molecular formula is C7H14O. The van der Waals surface area contributed by atoms with Gasteiger partial charge in [-0.3, -0.25) is 0 Å². The largest absolute Gasteiger partial charge is 0.389 e. The lowest BCUT2D eigenvalue weighted by Crippen LogP contribution is -1.99. The minimum atomic E-state index is -0.269. The summed E-state index contributed by atoms with van der Waals surface area (Å²) in [5, 5.41) is 8.88.